The lowest BCUT2D eigenvalue weighted by Crippen LogP contribution is -2.46. The summed E-state index contributed by atoms with van der Waals surface area (Å²) >= 11 is 0. The number of carbonyl (C=O) groups excluding carboxylic acids is 1. The summed E-state index contributed by atoms with van der Waals surface area (Å²) in [5.41, 5.74) is 2.93. The van der Waals surface area contributed by atoms with Crippen LogP contribution in [0.3, 0.4) is 0 Å². The van der Waals surface area contributed by atoms with Crippen molar-refractivity contribution in [2.75, 3.05) is 32.7 Å². The van der Waals surface area contributed by atoms with E-state index in [1.807, 2.05) is 0 Å². The van der Waals surface area contributed by atoms with E-state index in [4.69, 9.17) is 4.99 Å². The van der Waals surface area contributed by atoms with Crippen molar-refractivity contribution in [3.05, 3.63) is 35.4 Å². The fourth-order valence-corrected chi connectivity index (χ4v) is 3.93. The first-order chi connectivity index (χ1) is 14.1. The van der Waals surface area contributed by atoms with Crippen molar-refractivity contribution in [2.45, 2.75) is 52.6 Å². The van der Waals surface area contributed by atoms with Gasteiger partial charge in [0.15, 0.2) is 5.96 Å². The fourth-order valence-electron chi connectivity index (χ4n) is 3.93. The Bertz CT molecular complexity index is 698. The largest absolute Gasteiger partial charge is 0.357 e. The maximum absolute atomic E-state index is 11.7. The van der Waals surface area contributed by atoms with Crippen LogP contribution in [-0.2, 0) is 17.8 Å². The molecule has 0 aromatic heterocycles. The van der Waals surface area contributed by atoms with Crippen molar-refractivity contribution in [2.24, 2.45) is 16.8 Å². The lowest BCUT2D eigenvalue weighted by Gasteiger charge is -2.37. The molecular weight excluding hydrogens is 362 g/mol. The number of amides is 1. The Hall–Kier alpha value is -2.08. The summed E-state index contributed by atoms with van der Waals surface area (Å²) in [6.07, 6.45) is 3.20. The molecule has 3 rings (SSSR count). The van der Waals surface area contributed by atoms with Crippen LogP contribution < -0.4 is 16.0 Å². The topological polar surface area (TPSA) is 68.8 Å². The molecule has 1 aromatic rings. The second-order valence-electron chi connectivity index (χ2n) is 8.51. The molecule has 0 saturated heterocycles. The lowest BCUT2D eigenvalue weighted by molar-refractivity contribution is -0.122. The van der Waals surface area contributed by atoms with Crippen LogP contribution in [0.5, 0.6) is 0 Å². The molecule has 1 aliphatic carbocycles. The van der Waals surface area contributed by atoms with Gasteiger partial charge in [-0.15, -0.1) is 0 Å². The van der Waals surface area contributed by atoms with E-state index in [2.05, 4.69) is 65.9 Å². The smallest absolute Gasteiger partial charge is 0.223 e. The SMILES string of the molecule is CCNC(=NCC(C(C)C)N1CCc2ccccc2C1)NCCNC(=O)C1CC1. The molecule has 160 valence electrons. The molecule has 1 aromatic carbocycles. The highest BCUT2D eigenvalue weighted by molar-refractivity contribution is 5.81. The third kappa shape index (κ3) is 6.46. The Morgan fingerprint density at radius 3 is 2.55 bits per heavy atom. The molecule has 0 spiro atoms. The third-order valence-electron chi connectivity index (χ3n) is 5.84. The fraction of sp³-hybridized carbons (Fsp3) is 0.652. The maximum atomic E-state index is 11.7. The van der Waals surface area contributed by atoms with Crippen LogP contribution in [0.25, 0.3) is 0 Å². The zero-order valence-corrected chi connectivity index (χ0v) is 18.2. The number of carbonyl (C=O) groups is 1. The van der Waals surface area contributed by atoms with E-state index in [1.54, 1.807) is 0 Å². The molecule has 1 amide bonds. The highest BCUT2D eigenvalue weighted by Gasteiger charge is 2.29. The van der Waals surface area contributed by atoms with Gasteiger partial charge < -0.3 is 16.0 Å². The average Bonchev–Trinajstić information content (AvgIpc) is 3.56. The number of nitrogens with one attached hydrogen (secondary N) is 3. The number of hydrogen-bond donors (Lipinski definition) is 3. The van der Waals surface area contributed by atoms with Crippen LogP contribution in [0.1, 0.15) is 44.7 Å². The third-order valence-corrected chi connectivity index (χ3v) is 5.84. The Kier molecular flexibility index (Phi) is 7.92. The molecule has 1 aliphatic heterocycles. The molecule has 2 aliphatic rings. The summed E-state index contributed by atoms with van der Waals surface area (Å²) in [5, 5.41) is 9.67. The number of rotatable bonds is 9. The van der Waals surface area contributed by atoms with E-state index >= 15 is 0 Å². The second-order valence-corrected chi connectivity index (χ2v) is 8.51. The van der Waals surface area contributed by atoms with Crippen molar-refractivity contribution < 1.29 is 4.79 Å². The van der Waals surface area contributed by atoms with Gasteiger partial charge in [-0.25, -0.2) is 0 Å². The van der Waals surface area contributed by atoms with Crippen LogP contribution in [0, 0.1) is 11.8 Å². The van der Waals surface area contributed by atoms with E-state index in [9.17, 15) is 4.79 Å². The lowest BCUT2D eigenvalue weighted by atomic mass is 9.95. The summed E-state index contributed by atoms with van der Waals surface area (Å²) in [7, 11) is 0. The van der Waals surface area contributed by atoms with E-state index in [-0.39, 0.29) is 11.8 Å². The molecule has 6 heteroatoms. The van der Waals surface area contributed by atoms with Crippen molar-refractivity contribution in [1.29, 1.82) is 0 Å². The number of guanidine groups is 1. The predicted octanol–water partition coefficient (Wildman–Crippen LogP) is 2.15. The molecule has 1 unspecified atom stereocenters. The van der Waals surface area contributed by atoms with Crippen LogP contribution in [0.4, 0.5) is 0 Å². The normalized spacial score (nSPS) is 18.3. The summed E-state index contributed by atoms with van der Waals surface area (Å²) in [5.74, 6) is 1.82. The van der Waals surface area contributed by atoms with Crippen molar-refractivity contribution in [3.8, 4) is 0 Å². The standard InChI is InChI=1S/C23H37N5O/c1-4-24-23(26-13-12-25-22(29)19-9-10-19)27-15-21(17(2)3)28-14-11-18-7-5-6-8-20(18)16-28/h5-8,17,19,21H,4,9-16H2,1-3H3,(H,25,29)(H2,24,26,27). The molecular formula is C23H37N5O. The Balaban J connectivity index is 1.52. The van der Waals surface area contributed by atoms with Gasteiger partial charge in [0.05, 0.1) is 6.54 Å². The molecule has 1 fully saturated rings. The Morgan fingerprint density at radius 2 is 1.86 bits per heavy atom. The maximum Gasteiger partial charge on any atom is 0.223 e. The Labute approximate surface area is 175 Å². The summed E-state index contributed by atoms with van der Waals surface area (Å²) in [6, 6.07) is 9.20. The minimum absolute atomic E-state index is 0.194. The molecule has 1 saturated carbocycles. The van der Waals surface area contributed by atoms with Crippen molar-refractivity contribution >= 4 is 11.9 Å². The van der Waals surface area contributed by atoms with Crippen LogP contribution >= 0.6 is 0 Å². The zero-order valence-electron chi connectivity index (χ0n) is 18.2. The van der Waals surface area contributed by atoms with E-state index in [0.717, 1.165) is 51.4 Å². The first kappa shape index (κ1) is 21.6. The minimum atomic E-state index is 0.194. The van der Waals surface area contributed by atoms with Gasteiger partial charge in [0.2, 0.25) is 5.91 Å². The van der Waals surface area contributed by atoms with Gasteiger partial charge in [0, 0.05) is 44.7 Å². The molecule has 29 heavy (non-hydrogen) atoms. The van der Waals surface area contributed by atoms with Crippen LogP contribution in [-0.4, -0.2) is 55.5 Å². The van der Waals surface area contributed by atoms with Crippen molar-refractivity contribution in [3.63, 3.8) is 0 Å². The predicted molar refractivity (Wildman–Crippen MR) is 119 cm³/mol. The summed E-state index contributed by atoms with van der Waals surface area (Å²) in [4.78, 5) is 19.2. The Morgan fingerprint density at radius 1 is 1.14 bits per heavy atom. The molecule has 6 nitrogen and oxygen atoms in total. The summed E-state index contributed by atoms with van der Waals surface area (Å²) < 4.78 is 0. The first-order valence-electron chi connectivity index (χ1n) is 11.2. The van der Waals surface area contributed by atoms with E-state index < -0.39 is 0 Å². The van der Waals surface area contributed by atoms with E-state index in [0.29, 0.717) is 25.0 Å². The van der Waals surface area contributed by atoms with Gasteiger partial charge in [0.25, 0.3) is 0 Å². The zero-order chi connectivity index (χ0) is 20.6. The second kappa shape index (κ2) is 10.6. The van der Waals surface area contributed by atoms with Gasteiger partial charge in [-0.05, 0) is 43.2 Å². The molecule has 3 N–H and O–H groups in total. The highest BCUT2D eigenvalue weighted by atomic mass is 16.2. The van der Waals surface area contributed by atoms with Gasteiger partial charge in [0.1, 0.15) is 0 Å². The molecule has 0 radical (unpaired) electrons. The first-order valence-corrected chi connectivity index (χ1v) is 11.2. The number of aliphatic imine (C=N–C) groups is 1. The highest BCUT2D eigenvalue weighted by Crippen LogP contribution is 2.28. The number of fused-ring (bicyclic) bond motifs is 1. The van der Waals surface area contributed by atoms with Crippen LogP contribution in [0.2, 0.25) is 0 Å². The average molecular weight is 400 g/mol. The minimum Gasteiger partial charge on any atom is -0.357 e. The van der Waals surface area contributed by atoms with Gasteiger partial charge in [-0.3, -0.25) is 14.7 Å². The number of hydrogen-bond acceptors (Lipinski definition) is 3. The van der Waals surface area contributed by atoms with Crippen molar-refractivity contribution in [1.82, 2.24) is 20.9 Å². The molecule has 1 atom stereocenters. The monoisotopic (exact) mass is 399 g/mol. The number of nitrogens with zero attached hydrogens (tertiary/aromatic N) is 2. The van der Waals surface area contributed by atoms with Gasteiger partial charge >= 0.3 is 0 Å². The van der Waals surface area contributed by atoms with Gasteiger partial charge in [-0.2, -0.15) is 0 Å². The quantitative estimate of drug-likeness (QED) is 0.338. The van der Waals surface area contributed by atoms with Crippen LogP contribution in [0.15, 0.2) is 29.3 Å². The molecule has 0 bridgehead atoms. The van der Waals surface area contributed by atoms with E-state index in [1.165, 1.54) is 11.1 Å². The number of benzene rings is 1. The molecule has 1 heterocycles. The van der Waals surface area contributed by atoms with Gasteiger partial charge in [-0.1, -0.05) is 38.1 Å². The summed E-state index contributed by atoms with van der Waals surface area (Å²) in [6.45, 7) is 11.7.